The number of halogens is 1. The van der Waals surface area contributed by atoms with Gasteiger partial charge in [-0.15, -0.1) is 0 Å². The van der Waals surface area contributed by atoms with E-state index in [0.717, 1.165) is 38.6 Å². The minimum absolute atomic E-state index is 0.206. The zero-order valence-corrected chi connectivity index (χ0v) is 14.8. The molecule has 0 saturated carbocycles. The third-order valence-corrected chi connectivity index (χ3v) is 5.62. The maximum Gasteiger partial charge on any atom is 0.307 e. The molecule has 1 aromatic carbocycles. The molecule has 3 atom stereocenters. The Bertz CT molecular complexity index is 465. The molecule has 1 fully saturated rings. The first-order chi connectivity index (χ1) is 10.6. The fraction of sp³-hybridized carbons (Fsp3) is 0.611. The van der Waals surface area contributed by atoms with Crippen molar-refractivity contribution in [3.63, 3.8) is 0 Å². The molecule has 1 aliphatic rings. The number of carboxylic acid groups (broad SMARTS) is 1. The molecule has 1 N–H and O–H groups in total. The first-order valence-electron chi connectivity index (χ1n) is 8.25. The summed E-state index contributed by atoms with van der Waals surface area (Å²) in [4.78, 5) is 14.2. The number of benzene rings is 1. The molecule has 122 valence electrons. The fourth-order valence-electron chi connectivity index (χ4n) is 3.25. The van der Waals surface area contributed by atoms with Crippen molar-refractivity contribution in [1.29, 1.82) is 0 Å². The molecule has 0 aromatic heterocycles. The van der Waals surface area contributed by atoms with Crippen LogP contribution in [0.3, 0.4) is 0 Å². The molecule has 3 nitrogen and oxygen atoms in total. The summed E-state index contributed by atoms with van der Waals surface area (Å²) < 4.78 is 0. The predicted octanol–water partition coefficient (Wildman–Crippen LogP) is 3.96. The first-order valence-corrected chi connectivity index (χ1v) is 9.16. The molecule has 0 spiro atoms. The molecule has 0 aliphatic carbocycles. The summed E-state index contributed by atoms with van der Waals surface area (Å²) in [5.74, 6) is -0.850. The van der Waals surface area contributed by atoms with Gasteiger partial charge in [-0.25, -0.2) is 0 Å². The quantitative estimate of drug-likeness (QED) is 0.741. The van der Waals surface area contributed by atoms with E-state index >= 15 is 0 Å². The molecule has 1 heterocycles. The van der Waals surface area contributed by atoms with Gasteiger partial charge in [0.1, 0.15) is 0 Å². The Labute approximate surface area is 141 Å². The van der Waals surface area contributed by atoms with Crippen LogP contribution in [0.4, 0.5) is 0 Å². The smallest absolute Gasteiger partial charge is 0.307 e. The number of alkyl halides is 1. The number of hydrogen-bond donors (Lipinski definition) is 1. The molecule has 1 aliphatic heterocycles. The van der Waals surface area contributed by atoms with Gasteiger partial charge < -0.3 is 5.11 Å². The van der Waals surface area contributed by atoms with Crippen LogP contribution in [0.1, 0.15) is 38.2 Å². The van der Waals surface area contributed by atoms with Crippen molar-refractivity contribution in [2.45, 2.75) is 49.9 Å². The van der Waals surface area contributed by atoms with Crippen molar-refractivity contribution in [3.8, 4) is 0 Å². The largest absolute Gasteiger partial charge is 0.481 e. The summed E-state index contributed by atoms with van der Waals surface area (Å²) >= 11 is 3.76. The average Bonchev–Trinajstić information content (AvgIpc) is 2.55. The number of aliphatic carboxylic acids is 1. The minimum Gasteiger partial charge on any atom is -0.481 e. The van der Waals surface area contributed by atoms with Crippen LogP contribution < -0.4 is 0 Å². The Hall–Kier alpha value is -0.870. The Morgan fingerprint density at radius 3 is 2.77 bits per heavy atom. The van der Waals surface area contributed by atoms with Gasteiger partial charge in [0.25, 0.3) is 0 Å². The summed E-state index contributed by atoms with van der Waals surface area (Å²) in [5, 5.41) is 9.32. The molecule has 0 amide bonds. The van der Waals surface area contributed by atoms with Gasteiger partial charge >= 0.3 is 5.97 Å². The van der Waals surface area contributed by atoms with Gasteiger partial charge in [-0.3, -0.25) is 9.69 Å². The summed E-state index contributed by atoms with van der Waals surface area (Å²) in [7, 11) is 0. The van der Waals surface area contributed by atoms with Crippen LogP contribution in [-0.2, 0) is 11.2 Å². The summed E-state index contributed by atoms with van der Waals surface area (Å²) in [6.45, 7) is 3.90. The molecular formula is C18H26BrNO2. The molecule has 0 bridgehead atoms. The Morgan fingerprint density at radius 2 is 2.14 bits per heavy atom. The lowest BCUT2D eigenvalue weighted by atomic mass is 9.93. The van der Waals surface area contributed by atoms with Crippen molar-refractivity contribution in [1.82, 2.24) is 4.90 Å². The van der Waals surface area contributed by atoms with E-state index in [2.05, 4.69) is 52.0 Å². The van der Waals surface area contributed by atoms with E-state index in [9.17, 15) is 9.90 Å². The Balaban J connectivity index is 2.07. The van der Waals surface area contributed by atoms with Gasteiger partial charge in [0.15, 0.2) is 0 Å². The third kappa shape index (κ3) is 5.10. The number of carbonyl (C=O) groups is 1. The normalized spacial score (nSPS) is 22.2. The zero-order chi connectivity index (χ0) is 15.9. The van der Waals surface area contributed by atoms with Crippen molar-refractivity contribution in [2.24, 2.45) is 5.92 Å². The van der Waals surface area contributed by atoms with E-state index in [4.69, 9.17) is 0 Å². The summed E-state index contributed by atoms with van der Waals surface area (Å²) in [6, 6.07) is 10.9. The maximum absolute atomic E-state index is 11.3. The van der Waals surface area contributed by atoms with Crippen molar-refractivity contribution < 1.29 is 9.90 Å². The second kappa shape index (κ2) is 8.68. The lowest BCUT2D eigenvalue weighted by Crippen LogP contribution is -2.46. The molecule has 2 rings (SSSR count). The van der Waals surface area contributed by atoms with Crippen LogP contribution in [0.25, 0.3) is 0 Å². The van der Waals surface area contributed by atoms with E-state index in [-0.39, 0.29) is 5.92 Å². The molecule has 22 heavy (non-hydrogen) atoms. The van der Waals surface area contributed by atoms with Gasteiger partial charge in [0.2, 0.25) is 0 Å². The topological polar surface area (TPSA) is 40.5 Å². The SMILES string of the molecule is CCC(Br)CC(Cc1ccccc1)N1CCCC(C(=O)O)C1. The molecule has 4 heteroatoms. The fourth-order valence-corrected chi connectivity index (χ4v) is 3.68. The van der Waals surface area contributed by atoms with Crippen LogP contribution in [0.2, 0.25) is 0 Å². The Morgan fingerprint density at radius 1 is 1.41 bits per heavy atom. The maximum atomic E-state index is 11.3. The second-order valence-electron chi connectivity index (χ2n) is 6.26. The van der Waals surface area contributed by atoms with Crippen LogP contribution in [-0.4, -0.2) is 39.9 Å². The predicted molar refractivity (Wildman–Crippen MR) is 93.5 cm³/mol. The van der Waals surface area contributed by atoms with Crippen LogP contribution in [0.15, 0.2) is 30.3 Å². The highest BCUT2D eigenvalue weighted by atomic mass is 79.9. The lowest BCUT2D eigenvalue weighted by Gasteiger charge is -2.38. The highest BCUT2D eigenvalue weighted by molar-refractivity contribution is 9.09. The number of nitrogens with zero attached hydrogens (tertiary/aromatic N) is 1. The molecule has 1 saturated heterocycles. The number of rotatable bonds is 7. The van der Waals surface area contributed by atoms with Crippen LogP contribution in [0, 0.1) is 5.92 Å². The molecule has 0 radical (unpaired) electrons. The second-order valence-corrected chi connectivity index (χ2v) is 7.55. The summed E-state index contributed by atoms with van der Waals surface area (Å²) in [6.07, 6.45) is 4.96. The standard InChI is InChI=1S/C18H26BrNO2/c1-2-16(19)12-17(11-14-7-4-3-5-8-14)20-10-6-9-15(13-20)18(21)22/h3-5,7-8,15-17H,2,6,9-13H2,1H3,(H,21,22). The average molecular weight is 368 g/mol. The minimum atomic E-state index is -0.644. The van der Waals surface area contributed by atoms with E-state index < -0.39 is 5.97 Å². The molecule has 1 aromatic rings. The van der Waals surface area contributed by atoms with E-state index in [1.807, 2.05) is 6.07 Å². The van der Waals surface area contributed by atoms with Gasteiger partial charge in [-0.1, -0.05) is 53.2 Å². The van der Waals surface area contributed by atoms with Gasteiger partial charge in [-0.2, -0.15) is 0 Å². The lowest BCUT2D eigenvalue weighted by molar-refractivity contribution is -0.143. The monoisotopic (exact) mass is 367 g/mol. The van der Waals surface area contributed by atoms with Gasteiger partial charge in [0.05, 0.1) is 5.92 Å². The number of piperidine rings is 1. The van der Waals surface area contributed by atoms with Gasteiger partial charge in [-0.05, 0) is 44.2 Å². The number of likely N-dealkylation sites (tertiary alicyclic amines) is 1. The van der Waals surface area contributed by atoms with Crippen LogP contribution >= 0.6 is 15.9 Å². The van der Waals surface area contributed by atoms with Crippen LogP contribution in [0.5, 0.6) is 0 Å². The van der Waals surface area contributed by atoms with E-state index in [0.29, 0.717) is 17.4 Å². The number of carboxylic acids is 1. The third-order valence-electron chi connectivity index (χ3n) is 4.60. The Kier molecular flexibility index (Phi) is 6.90. The van der Waals surface area contributed by atoms with E-state index in [1.54, 1.807) is 0 Å². The van der Waals surface area contributed by atoms with Crippen molar-refractivity contribution in [3.05, 3.63) is 35.9 Å². The summed E-state index contributed by atoms with van der Waals surface area (Å²) in [5.41, 5.74) is 1.33. The molecular weight excluding hydrogens is 342 g/mol. The zero-order valence-electron chi connectivity index (χ0n) is 13.2. The van der Waals surface area contributed by atoms with E-state index in [1.165, 1.54) is 5.56 Å². The van der Waals surface area contributed by atoms with Crippen molar-refractivity contribution in [2.75, 3.05) is 13.1 Å². The van der Waals surface area contributed by atoms with Gasteiger partial charge in [0, 0.05) is 17.4 Å². The molecule has 3 unspecified atom stereocenters. The number of hydrogen-bond acceptors (Lipinski definition) is 2. The highest BCUT2D eigenvalue weighted by Crippen LogP contribution is 2.25. The highest BCUT2D eigenvalue weighted by Gasteiger charge is 2.30. The van der Waals surface area contributed by atoms with Crippen molar-refractivity contribution >= 4 is 21.9 Å². The first kappa shape index (κ1) is 17.5.